The van der Waals surface area contributed by atoms with E-state index in [1.807, 2.05) is 6.07 Å². The third-order valence-corrected chi connectivity index (χ3v) is 1.31. The highest BCUT2D eigenvalue weighted by Crippen LogP contribution is 2.00. The summed E-state index contributed by atoms with van der Waals surface area (Å²) in [6.07, 6.45) is 2.47. The van der Waals surface area contributed by atoms with Gasteiger partial charge in [-0.15, -0.1) is 0 Å². The molecule has 0 saturated carbocycles. The van der Waals surface area contributed by atoms with Gasteiger partial charge in [0.2, 0.25) is 0 Å². The van der Waals surface area contributed by atoms with Crippen molar-refractivity contribution in [3.63, 3.8) is 0 Å². The molecule has 1 aromatic carbocycles. The van der Waals surface area contributed by atoms with Crippen molar-refractivity contribution in [2.24, 2.45) is 0 Å². The number of rotatable bonds is 0. The molecule has 12 heavy (non-hydrogen) atoms. The Labute approximate surface area is 72.2 Å². The van der Waals surface area contributed by atoms with E-state index in [1.54, 1.807) is 24.3 Å². The van der Waals surface area contributed by atoms with Crippen LogP contribution in [0.15, 0.2) is 24.3 Å². The van der Waals surface area contributed by atoms with Crippen LogP contribution in [-0.4, -0.2) is 8.05 Å². The van der Waals surface area contributed by atoms with Crippen molar-refractivity contribution in [3.05, 3.63) is 35.4 Å². The maximum atomic E-state index is 8.49. The quantitative estimate of drug-likeness (QED) is 0.402. The van der Waals surface area contributed by atoms with E-state index in [0.29, 0.717) is 5.56 Å². The van der Waals surface area contributed by atoms with Crippen molar-refractivity contribution < 1.29 is 4.65 Å². The molecule has 3 heteroatoms. The first-order valence-corrected chi connectivity index (χ1v) is 3.41. The number of hydrogen-bond acceptors (Lipinski definition) is 2. The van der Waals surface area contributed by atoms with Crippen LogP contribution in [0.4, 0.5) is 0 Å². The van der Waals surface area contributed by atoms with Crippen LogP contribution in [-0.2, 0) is 4.65 Å². The van der Waals surface area contributed by atoms with Gasteiger partial charge in [-0.2, -0.15) is 5.26 Å². The van der Waals surface area contributed by atoms with Crippen molar-refractivity contribution in [3.8, 4) is 18.1 Å². The average Bonchev–Trinajstić information content (AvgIpc) is 2.15. The molecule has 0 bridgehead atoms. The molecule has 0 spiro atoms. The van der Waals surface area contributed by atoms with Gasteiger partial charge >= 0.3 is 8.05 Å². The van der Waals surface area contributed by atoms with Crippen LogP contribution in [0.5, 0.6) is 0 Å². The molecule has 0 aromatic heterocycles. The molecule has 0 heterocycles. The van der Waals surface area contributed by atoms with Crippen molar-refractivity contribution in [1.82, 2.24) is 0 Å². The Morgan fingerprint density at radius 3 is 2.25 bits per heavy atom. The van der Waals surface area contributed by atoms with Crippen molar-refractivity contribution in [2.75, 3.05) is 0 Å². The van der Waals surface area contributed by atoms with Gasteiger partial charge < -0.3 is 4.65 Å². The van der Waals surface area contributed by atoms with Crippen LogP contribution in [0, 0.1) is 23.4 Å². The lowest BCUT2D eigenvalue weighted by atomic mass is 10.2. The van der Waals surface area contributed by atoms with Crippen molar-refractivity contribution >= 4 is 8.05 Å². The van der Waals surface area contributed by atoms with Gasteiger partial charge in [0.25, 0.3) is 0 Å². The second kappa shape index (κ2) is 4.11. The highest BCUT2D eigenvalue weighted by Gasteiger charge is 1.88. The summed E-state index contributed by atoms with van der Waals surface area (Å²) in [5.41, 5.74) is 1.48. The Kier molecular flexibility index (Phi) is 2.82. The molecule has 0 fully saturated rings. The monoisotopic (exact) mass is 155 g/mol. The Morgan fingerprint density at radius 2 is 1.75 bits per heavy atom. The van der Waals surface area contributed by atoms with E-state index in [-0.39, 0.29) is 0 Å². The minimum absolute atomic E-state index is 0.637. The first-order valence-electron chi connectivity index (χ1n) is 3.41. The van der Waals surface area contributed by atoms with E-state index in [1.165, 1.54) is 8.05 Å². The lowest BCUT2D eigenvalue weighted by molar-refractivity contribution is 0.579. The van der Waals surface area contributed by atoms with E-state index in [9.17, 15) is 0 Å². The molecule has 0 aliphatic carbocycles. The van der Waals surface area contributed by atoms with Crippen LogP contribution in [0.3, 0.4) is 0 Å². The number of nitriles is 1. The maximum Gasteiger partial charge on any atom is 0.337 e. The Morgan fingerprint density at radius 1 is 1.17 bits per heavy atom. The van der Waals surface area contributed by atoms with Crippen LogP contribution < -0.4 is 0 Å². The highest BCUT2D eigenvalue weighted by atomic mass is 16.4. The molecule has 56 valence electrons. The van der Waals surface area contributed by atoms with E-state index in [4.69, 9.17) is 5.26 Å². The zero-order valence-corrected chi connectivity index (χ0v) is 6.66. The molecule has 0 unspecified atom stereocenters. The summed E-state index contributed by atoms with van der Waals surface area (Å²) in [7, 11) is 1.51. The Balaban J connectivity index is 2.87. The molecule has 0 atom stereocenters. The van der Waals surface area contributed by atoms with Crippen molar-refractivity contribution in [1.29, 1.82) is 5.26 Å². The molecule has 0 radical (unpaired) electrons. The standard InChI is InChI=1S/C9H6BNO/c10-12-6-5-8-1-3-9(7-11)4-2-8/h1-4H,10H2. The summed E-state index contributed by atoms with van der Waals surface area (Å²) in [5.74, 6) is 2.76. The highest BCUT2D eigenvalue weighted by molar-refractivity contribution is 5.98. The third-order valence-electron chi connectivity index (χ3n) is 1.31. The fourth-order valence-corrected chi connectivity index (χ4v) is 0.738. The summed E-state index contributed by atoms with van der Waals surface area (Å²) < 4.78 is 4.58. The zero-order valence-electron chi connectivity index (χ0n) is 6.66. The molecule has 0 aliphatic rings. The van der Waals surface area contributed by atoms with Gasteiger partial charge in [-0.05, 0) is 30.2 Å². The largest absolute Gasteiger partial charge is 0.525 e. The van der Waals surface area contributed by atoms with Gasteiger partial charge in [0.1, 0.15) is 0 Å². The lowest BCUT2D eigenvalue weighted by Gasteiger charge is -1.88. The minimum Gasteiger partial charge on any atom is -0.525 e. The summed E-state index contributed by atoms with van der Waals surface area (Å²) in [6, 6.07) is 9.04. The van der Waals surface area contributed by atoms with Crippen LogP contribution >= 0.6 is 0 Å². The van der Waals surface area contributed by atoms with E-state index in [0.717, 1.165) is 5.56 Å². The Bertz CT molecular complexity index is 353. The molecule has 0 saturated heterocycles. The predicted octanol–water partition coefficient (Wildman–Crippen LogP) is 0.432. The third kappa shape index (κ3) is 2.07. The SMILES string of the molecule is BOC#Cc1ccc(C#N)cc1. The van der Waals surface area contributed by atoms with E-state index in [2.05, 4.69) is 16.7 Å². The molecule has 0 amide bonds. The predicted molar refractivity (Wildman–Crippen MR) is 47.7 cm³/mol. The molecule has 1 aromatic rings. The van der Waals surface area contributed by atoms with Crippen LogP contribution in [0.2, 0.25) is 0 Å². The van der Waals surface area contributed by atoms with E-state index < -0.39 is 0 Å². The smallest absolute Gasteiger partial charge is 0.337 e. The number of hydrogen-bond donors (Lipinski definition) is 0. The molecular formula is C9H6BNO. The fourth-order valence-electron chi connectivity index (χ4n) is 0.738. The van der Waals surface area contributed by atoms with Crippen LogP contribution in [0.1, 0.15) is 11.1 Å². The maximum absolute atomic E-state index is 8.49. The summed E-state index contributed by atoms with van der Waals surface area (Å²) in [4.78, 5) is 0. The second-order valence-corrected chi connectivity index (χ2v) is 2.12. The number of benzene rings is 1. The van der Waals surface area contributed by atoms with Gasteiger partial charge in [0, 0.05) is 5.56 Å². The molecular weight excluding hydrogens is 149 g/mol. The second-order valence-electron chi connectivity index (χ2n) is 2.12. The van der Waals surface area contributed by atoms with Crippen molar-refractivity contribution in [2.45, 2.75) is 0 Å². The van der Waals surface area contributed by atoms with Gasteiger partial charge in [-0.3, -0.25) is 0 Å². The fraction of sp³-hybridized carbons (Fsp3) is 0. The molecule has 1 rings (SSSR count). The summed E-state index contributed by atoms with van der Waals surface area (Å²) in [6.45, 7) is 0. The van der Waals surface area contributed by atoms with Gasteiger partial charge in [0.15, 0.2) is 0 Å². The number of nitrogens with zero attached hydrogens (tertiary/aromatic N) is 1. The molecule has 0 N–H and O–H groups in total. The Hall–Kier alpha value is -1.87. The first-order chi connectivity index (χ1) is 5.86. The summed E-state index contributed by atoms with van der Waals surface area (Å²) >= 11 is 0. The topological polar surface area (TPSA) is 33.0 Å². The normalized spacial score (nSPS) is 7.58. The van der Waals surface area contributed by atoms with Gasteiger partial charge in [0.05, 0.1) is 17.7 Å². The van der Waals surface area contributed by atoms with Gasteiger partial charge in [-0.25, -0.2) is 0 Å². The van der Waals surface area contributed by atoms with Gasteiger partial charge in [-0.1, -0.05) is 0 Å². The van der Waals surface area contributed by atoms with E-state index >= 15 is 0 Å². The summed E-state index contributed by atoms with van der Waals surface area (Å²) in [5, 5.41) is 8.49. The average molecular weight is 155 g/mol. The minimum atomic E-state index is 0.637. The lowest BCUT2D eigenvalue weighted by Crippen LogP contribution is -1.77. The first kappa shape index (κ1) is 8.23. The molecule has 2 nitrogen and oxygen atoms in total. The van der Waals surface area contributed by atoms with Crippen LogP contribution in [0.25, 0.3) is 0 Å². The molecule has 0 aliphatic heterocycles. The zero-order chi connectivity index (χ0) is 8.81.